The first kappa shape index (κ1) is 20.2. The summed E-state index contributed by atoms with van der Waals surface area (Å²) in [5, 5.41) is 5.31. The van der Waals surface area contributed by atoms with Crippen LogP contribution in [0, 0.1) is 11.8 Å². The molecule has 0 aromatic heterocycles. The quantitative estimate of drug-likeness (QED) is 0.392. The number of hydrogen-bond donors (Lipinski definition) is 2. The van der Waals surface area contributed by atoms with E-state index in [9.17, 15) is 14.4 Å². The molecule has 8 heteroatoms. The minimum atomic E-state index is -0.438. The predicted octanol–water partition coefficient (Wildman–Crippen LogP) is 0.680. The SMILES string of the molecule is CCNC(=O)NCCCOC(=O)[C@H]1CC=CC[C@H]1C(=O)N1CCOCC1. The number of hydrogen-bond acceptors (Lipinski definition) is 5. The Labute approximate surface area is 154 Å². The topological polar surface area (TPSA) is 97.0 Å². The van der Waals surface area contributed by atoms with E-state index in [0.29, 0.717) is 58.7 Å². The van der Waals surface area contributed by atoms with Crippen molar-refractivity contribution in [3.8, 4) is 0 Å². The van der Waals surface area contributed by atoms with Gasteiger partial charge in [-0.2, -0.15) is 0 Å². The van der Waals surface area contributed by atoms with Crippen molar-refractivity contribution in [1.82, 2.24) is 15.5 Å². The van der Waals surface area contributed by atoms with Gasteiger partial charge in [0.2, 0.25) is 5.91 Å². The number of nitrogens with zero attached hydrogens (tertiary/aromatic N) is 1. The molecule has 8 nitrogen and oxygen atoms in total. The molecule has 0 spiro atoms. The highest BCUT2D eigenvalue weighted by atomic mass is 16.5. The van der Waals surface area contributed by atoms with Gasteiger partial charge in [-0.1, -0.05) is 12.2 Å². The highest BCUT2D eigenvalue weighted by Crippen LogP contribution is 2.29. The van der Waals surface area contributed by atoms with Crippen LogP contribution in [0.25, 0.3) is 0 Å². The van der Waals surface area contributed by atoms with E-state index in [1.165, 1.54) is 0 Å². The average molecular weight is 367 g/mol. The fourth-order valence-electron chi connectivity index (χ4n) is 3.14. The Bertz CT molecular complexity index is 517. The van der Waals surface area contributed by atoms with Crippen molar-refractivity contribution in [1.29, 1.82) is 0 Å². The first-order chi connectivity index (χ1) is 12.6. The van der Waals surface area contributed by atoms with E-state index in [2.05, 4.69) is 10.6 Å². The third-order valence-electron chi connectivity index (χ3n) is 4.56. The lowest BCUT2D eigenvalue weighted by Crippen LogP contribution is -2.47. The Morgan fingerprint density at radius 2 is 1.81 bits per heavy atom. The fourth-order valence-corrected chi connectivity index (χ4v) is 3.14. The maximum Gasteiger partial charge on any atom is 0.314 e. The summed E-state index contributed by atoms with van der Waals surface area (Å²) >= 11 is 0. The van der Waals surface area contributed by atoms with Gasteiger partial charge in [-0.15, -0.1) is 0 Å². The van der Waals surface area contributed by atoms with Gasteiger partial charge in [0.25, 0.3) is 0 Å². The van der Waals surface area contributed by atoms with E-state index in [1.54, 1.807) is 4.90 Å². The molecule has 1 aliphatic carbocycles. The van der Waals surface area contributed by atoms with Crippen LogP contribution in [0.3, 0.4) is 0 Å². The number of urea groups is 1. The number of carbonyl (C=O) groups is 3. The highest BCUT2D eigenvalue weighted by Gasteiger charge is 2.37. The van der Waals surface area contributed by atoms with Crippen LogP contribution in [-0.2, 0) is 19.1 Å². The molecule has 2 N–H and O–H groups in total. The van der Waals surface area contributed by atoms with E-state index in [1.807, 2.05) is 19.1 Å². The molecule has 1 aliphatic heterocycles. The van der Waals surface area contributed by atoms with Gasteiger partial charge in [-0.05, 0) is 26.2 Å². The van der Waals surface area contributed by atoms with Gasteiger partial charge in [-0.25, -0.2) is 4.79 Å². The van der Waals surface area contributed by atoms with Crippen molar-refractivity contribution in [2.75, 3.05) is 46.0 Å². The van der Waals surface area contributed by atoms with Gasteiger partial charge in [0.15, 0.2) is 0 Å². The van der Waals surface area contributed by atoms with Crippen LogP contribution in [0.5, 0.6) is 0 Å². The van der Waals surface area contributed by atoms with Gasteiger partial charge in [0.1, 0.15) is 0 Å². The van der Waals surface area contributed by atoms with Gasteiger partial charge < -0.3 is 25.0 Å². The van der Waals surface area contributed by atoms with E-state index >= 15 is 0 Å². The summed E-state index contributed by atoms with van der Waals surface area (Å²) in [6.07, 6.45) is 5.52. The molecule has 0 unspecified atom stereocenters. The number of nitrogens with one attached hydrogen (secondary N) is 2. The van der Waals surface area contributed by atoms with Gasteiger partial charge in [-0.3, -0.25) is 9.59 Å². The number of amides is 3. The van der Waals surface area contributed by atoms with Crippen LogP contribution < -0.4 is 10.6 Å². The molecule has 146 valence electrons. The van der Waals surface area contributed by atoms with Crippen molar-refractivity contribution in [2.45, 2.75) is 26.2 Å². The summed E-state index contributed by atoms with van der Waals surface area (Å²) in [7, 11) is 0. The molecule has 1 heterocycles. The Kier molecular flexibility index (Phi) is 8.40. The van der Waals surface area contributed by atoms with Crippen molar-refractivity contribution in [3.63, 3.8) is 0 Å². The summed E-state index contributed by atoms with van der Waals surface area (Å²) in [5.41, 5.74) is 0. The summed E-state index contributed by atoms with van der Waals surface area (Å²) in [6.45, 7) is 5.30. The standard InChI is InChI=1S/C18H29N3O5/c1-2-19-18(24)20-8-5-11-26-17(23)15-7-4-3-6-14(15)16(22)21-9-12-25-13-10-21/h3-4,14-15H,2,5-13H2,1H3,(H2,19,20,24)/t14-,15+/m1/s1. The first-order valence-corrected chi connectivity index (χ1v) is 9.33. The number of carbonyl (C=O) groups excluding carboxylic acids is 3. The predicted molar refractivity (Wildman–Crippen MR) is 95.4 cm³/mol. The zero-order valence-corrected chi connectivity index (χ0v) is 15.4. The molecule has 2 atom stereocenters. The molecule has 0 bridgehead atoms. The minimum absolute atomic E-state index is 0.0116. The third kappa shape index (κ3) is 6.01. The lowest BCUT2D eigenvalue weighted by molar-refractivity contribution is -0.156. The Hall–Kier alpha value is -2.09. The highest BCUT2D eigenvalue weighted by molar-refractivity contribution is 5.86. The fraction of sp³-hybridized carbons (Fsp3) is 0.722. The lowest BCUT2D eigenvalue weighted by Gasteiger charge is -2.33. The third-order valence-corrected chi connectivity index (χ3v) is 4.56. The molecule has 26 heavy (non-hydrogen) atoms. The van der Waals surface area contributed by atoms with E-state index in [4.69, 9.17) is 9.47 Å². The van der Waals surface area contributed by atoms with Gasteiger partial charge in [0.05, 0.1) is 31.7 Å². The monoisotopic (exact) mass is 367 g/mol. The molecule has 1 fully saturated rings. The first-order valence-electron chi connectivity index (χ1n) is 9.33. The van der Waals surface area contributed by atoms with Crippen molar-refractivity contribution >= 4 is 17.9 Å². The van der Waals surface area contributed by atoms with Crippen LogP contribution in [-0.4, -0.2) is 68.8 Å². The summed E-state index contributed by atoms with van der Waals surface area (Å²) in [4.78, 5) is 38.2. The molecule has 1 saturated heterocycles. The minimum Gasteiger partial charge on any atom is -0.465 e. The zero-order valence-electron chi connectivity index (χ0n) is 15.4. The lowest BCUT2D eigenvalue weighted by atomic mass is 9.82. The van der Waals surface area contributed by atoms with Crippen molar-refractivity contribution in [2.24, 2.45) is 11.8 Å². The molecule has 0 aromatic carbocycles. The number of esters is 1. The van der Waals surface area contributed by atoms with Crippen LogP contribution in [0.15, 0.2) is 12.2 Å². The zero-order chi connectivity index (χ0) is 18.8. The second-order valence-corrected chi connectivity index (χ2v) is 6.40. The second-order valence-electron chi connectivity index (χ2n) is 6.40. The Morgan fingerprint density at radius 3 is 2.50 bits per heavy atom. The van der Waals surface area contributed by atoms with Crippen molar-refractivity contribution < 1.29 is 23.9 Å². The van der Waals surface area contributed by atoms with E-state index in [0.717, 1.165) is 0 Å². The number of morpholine rings is 1. The summed E-state index contributed by atoms with van der Waals surface area (Å²) < 4.78 is 10.6. The second kappa shape index (κ2) is 10.8. The largest absolute Gasteiger partial charge is 0.465 e. The number of ether oxygens (including phenoxy) is 2. The molecule has 0 saturated carbocycles. The van der Waals surface area contributed by atoms with Gasteiger partial charge in [0, 0.05) is 26.2 Å². The molecule has 3 amide bonds. The smallest absolute Gasteiger partial charge is 0.314 e. The Morgan fingerprint density at radius 1 is 1.12 bits per heavy atom. The summed E-state index contributed by atoms with van der Waals surface area (Å²) in [6, 6.07) is -0.229. The van der Waals surface area contributed by atoms with E-state index in [-0.39, 0.29) is 30.4 Å². The Balaban J connectivity index is 1.77. The van der Waals surface area contributed by atoms with Crippen LogP contribution in [0.4, 0.5) is 4.79 Å². The average Bonchev–Trinajstić information content (AvgIpc) is 2.68. The molecule has 0 aromatic rings. The van der Waals surface area contributed by atoms with E-state index < -0.39 is 5.92 Å². The molecule has 2 aliphatic rings. The molecular weight excluding hydrogens is 338 g/mol. The summed E-state index contributed by atoms with van der Waals surface area (Å²) in [5.74, 6) is -1.12. The van der Waals surface area contributed by atoms with Crippen LogP contribution >= 0.6 is 0 Å². The maximum atomic E-state index is 12.8. The maximum absolute atomic E-state index is 12.8. The van der Waals surface area contributed by atoms with Crippen LogP contribution in [0.1, 0.15) is 26.2 Å². The molecular formula is C18H29N3O5. The normalized spacial score (nSPS) is 22.6. The van der Waals surface area contributed by atoms with Gasteiger partial charge >= 0.3 is 12.0 Å². The number of rotatable bonds is 7. The molecule has 2 rings (SSSR count). The number of allylic oxidation sites excluding steroid dienone is 2. The van der Waals surface area contributed by atoms with Crippen molar-refractivity contribution in [3.05, 3.63) is 12.2 Å². The molecule has 0 radical (unpaired) electrons. The van der Waals surface area contributed by atoms with Crippen LogP contribution in [0.2, 0.25) is 0 Å².